The average molecular weight is 437 g/mol. The quantitative estimate of drug-likeness (QED) is 0.616. The molecule has 0 saturated carbocycles. The van der Waals surface area contributed by atoms with Crippen molar-refractivity contribution < 1.29 is 14.3 Å². The van der Waals surface area contributed by atoms with Crippen LogP contribution < -0.4 is 10.1 Å². The number of methoxy groups -OCH3 is 1. The number of hydrogen-bond acceptors (Lipinski definition) is 5. The number of fused-ring (bicyclic) bond motifs is 1. The van der Waals surface area contributed by atoms with Crippen molar-refractivity contribution in [1.29, 1.82) is 0 Å². The molecule has 0 unspecified atom stereocenters. The topological polar surface area (TPSA) is 68.6 Å². The summed E-state index contributed by atoms with van der Waals surface area (Å²) in [6.07, 6.45) is 1.65. The number of carbonyl (C=O) groups excluding carboxylic acids is 1. The van der Waals surface area contributed by atoms with Gasteiger partial charge in [0, 0.05) is 19.1 Å². The number of nitrogens with one attached hydrogen (secondary N) is 1. The molecule has 1 saturated heterocycles. The van der Waals surface area contributed by atoms with Gasteiger partial charge in [-0.15, -0.1) is 0 Å². The minimum atomic E-state index is -0.496. The van der Waals surface area contributed by atoms with E-state index in [0.29, 0.717) is 13.1 Å². The molecular formula is C25H32N4O3. The van der Waals surface area contributed by atoms with Gasteiger partial charge in [0.2, 0.25) is 5.95 Å². The van der Waals surface area contributed by atoms with Gasteiger partial charge in [-0.25, -0.2) is 9.78 Å². The summed E-state index contributed by atoms with van der Waals surface area (Å²) < 4.78 is 13.1. The lowest BCUT2D eigenvalue weighted by molar-refractivity contribution is 0.0206. The smallest absolute Gasteiger partial charge is 0.410 e. The van der Waals surface area contributed by atoms with E-state index in [-0.39, 0.29) is 12.1 Å². The third-order valence-corrected chi connectivity index (χ3v) is 5.56. The van der Waals surface area contributed by atoms with Gasteiger partial charge in [-0.1, -0.05) is 24.3 Å². The Morgan fingerprint density at radius 3 is 2.62 bits per heavy atom. The molecule has 0 spiro atoms. The summed E-state index contributed by atoms with van der Waals surface area (Å²) in [5, 5.41) is 3.61. The molecule has 1 fully saturated rings. The van der Waals surface area contributed by atoms with Crippen LogP contribution in [0.3, 0.4) is 0 Å². The molecule has 2 aromatic carbocycles. The lowest BCUT2D eigenvalue weighted by atomic mass is 10.1. The Bertz CT molecular complexity index is 1070. The van der Waals surface area contributed by atoms with Crippen LogP contribution >= 0.6 is 0 Å². The number of nitrogens with zero attached hydrogens (tertiary/aromatic N) is 3. The molecule has 7 heteroatoms. The first kappa shape index (κ1) is 22.0. The molecule has 2 heterocycles. The number of rotatable bonds is 5. The van der Waals surface area contributed by atoms with Crippen molar-refractivity contribution in [1.82, 2.24) is 14.5 Å². The van der Waals surface area contributed by atoms with Crippen LogP contribution in [0.15, 0.2) is 48.5 Å². The third kappa shape index (κ3) is 5.15. The van der Waals surface area contributed by atoms with Crippen LogP contribution in [0, 0.1) is 0 Å². The van der Waals surface area contributed by atoms with E-state index in [0.717, 1.165) is 47.7 Å². The summed E-state index contributed by atoms with van der Waals surface area (Å²) >= 11 is 0. The Labute approximate surface area is 189 Å². The van der Waals surface area contributed by atoms with Crippen LogP contribution in [0.5, 0.6) is 5.75 Å². The predicted molar refractivity (Wildman–Crippen MR) is 126 cm³/mol. The largest absolute Gasteiger partial charge is 0.497 e. The van der Waals surface area contributed by atoms with Crippen molar-refractivity contribution >= 4 is 23.1 Å². The highest BCUT2D eigenvalue weighted by atomic mass is 16.6. The van der Waals surface area contributed by atoms with Gasteiger partial charge >= 0.3 is 6.09 Å². The summed E-state index contributed by atoms with van der Waals surface area (Å²) in [6.45, 7) is 7.69. The van der Waals surface area contributed by atoms with Crippen LogP contribution in [-0.4, -0.2) is 52.4 Å². The summed E-state index contributed by atoms with van der Waals surface area (Å²) in [6, 6.07) is 16.4. The van der Waals surface area contributed by atoms with E-state index < -0.39 is 5.60 Å². The number of para-hydroxylation sites is 2. The van der Waals surface area contributed by atoms with Gasteiger partial charge in [0.05, 0.1) is 24.7 Å². The lowest BCUT2D eigenvalue weighted by Crippen LogP contribution is -2.47. The van der Waals surface area contributed by atoms with E-state index >= 15 is 0 Å². The fourth-order valence-corrected chi connectivity index (χ4v) is 4.03. The number of carbonyl (C=O) groups is 1. The van der Waals surface area contributed by atoms with Gasteiger partial charge in [-0.05, 0) is 63.4 Å². The molecule has 1 aromatic heterocycles. The molecule has 1 aliphatic heterocycles. The molecule has 7 nitrogen and oxygen atoms in total. The fourth-order valence-electron chi connectivity index (χ4n) is 4.03. The predicted octanol–water partition coefficient (Wildman–Crippen LogP) is 4.90. The number of imidazole rings is 1. The number of piperidine rings is 1. The summed E-state index contributed by atoms with van der Waals surface area (Å²) in [7, 11) is 1.67. The van der Waals surface area contributed by atoms with E-state index in [9.17, 15) is 4.79 Å². The monoisotopic (exact) mass is 436 g/mol. The summed E-state index contributed by atoms with van der Waals surface area (Å²) in [5.41, 5.74) is 2.69. The maximum absolute atomic E-state index is 12.6. The van der Waals surface area contributed by atoms with Crippen molar-refractivity contribution in [2.24, 2.45) is 0 Å². The second-order valence-electron chi connectivity index (χ2n) is 9.27. The van der Waals surface area contributed by atoms with E-state index in [2.05, 4.69) is 28.1 Å². The Morgan fingerprint density at radius 2 is 1.91 bits per heavy atom. The number of amides is 1. The zero-order valence-electron chi connectivity index (χ0n) is 19.3. The number of likely N-dealkylation sites (tertiary alicyclic amines) is 1. The van der Waals surface area contributed by atoms with Crippen LogP contribution in [0.25, 0.3) is 11.0 Å². The summed E-state index contributed by atoms with van der Waals surface area (Å²) in [4.78, 5) is 19.2. The van der Waals surface area contributed by atoms with Gasteiger partial charge in [-0.2, -0.15) is 0 Å². The van der Waals surface area contributed by atoms with Gasteiger partial charge in [0.1, 0.15) is 11.4 Å². The molecule has 4 rings (SSSR count). The van der Waals surface area contributed by atoms with Crippen LogP contribution in [0.4, 0.5) is 10.7 Å². The maximum atomic E-state index is 12.6. The fraction of sp³-hybridized carbons (Fsp3) is 0.440. The molecule has 1 aliphatic rings. The number of aromatic nitrogens is 2. The van der Waals surface area contributed by atoms with E-state index in [1.165, 1.54) is 0 Å². The minimum absolute atomic E-state index is 0.114. The van der Waals surface area contributed by atoms with Crippen LogP contribution in [-0.2, 0) is 11.3 Å². The third-order valence-electron chi connectivity index (χ3n) is 5.56. The number of anilines is 1. The highest BCUT2D eigenvalue weighted by molar-refractivity contribution is 5.79. The highest BCUT2D eigenvalue weighted by Crippen LogP contribution is 2.25. The average Bonchev–Trinajstić information content (AvgIpc) is 3.10. The maximum Gasteiger partial charge on any atom is 0.410 e. The zero-order valence-corrected chi connectivity index (χ0v) is 19.3. The molecule has 1 N–H and O–H groups in total. The highest BCUT2D eigenvalue weighted by Gasteiger charge is 2.28. The van der Waals surface area contributed by atoms with Gasteiger partial charge in [-0.3, -0.25) is 0 Å². The first-order valence-corrected chi connectivity index (χ1v) is 11.1. The SMILES string of the molecule is COc1ccc(Cn2c(N[C@@H]3CCCN(C(=O)OC(C)(C)C)C3)nc3ccccc32)cc1. The minimum Gasteiger partial charge on any atom is -0.497 e. The van der Waals surface area contributed by atoms with Crippen molar-refractivity contribution in [3.63, 3.8) is 0 Å². The normalized spacial score (nSPS) is 16.8. The lowest BCUT2D eigenvalue weighted by Gasteiger charge is -2.34. The van der Waals surface area contributed by atoms with Gasteiger partial charge in [0.15, 0.2) is 0 Å². The zero-order chi connectivity index (χ0) is 22.7. The van der Waals surface area contributed by atoms with Gasteiger partial charge < -0.3 is 24.3 Å². The second-order valence-corrected chi connectivity index (χ2v) is 9.27. The van der Waals surface area contributed by atoms with Crippen LogP contribution in [0.2, 0.25) is 0 Å². The van der Waals surface area contributed by atoms with Gasteiger partial charge in [0.25, 0.3) is 0 Å². The van der Waals surface area contributed by atoms with Crippen molar-refractivity contribution in [2.45, 2.75) is 51.8 Å². The molecule has 1 amide bonds. The Kier molecular flexibility index (Phi) is 6.26. The number of benzene rings is 2. The molecular weight excluding hydrogens is 404 g/mol. The first-order chi connectivity index (χ1) is 15.3. The Balaban J connectivity index is 1.54. The molecule has 3 aromatic rings. The molecule has 1 atom stereocenters. The Hall–Kier alpha value is -3.22. The Morgan fingerprint density at radius 1 is 1.16 bits per heavy atom. The molecule has 170 valence electrons. The standard InChI is InChI=1S/C25H32N4O3/c1-25(2,3)32-24(30)28-15-7-8-19(17-28)26-23-27-21-9-5-6-10-22(21)29(23)16-18-11-13-20(31-4)14-12-18/h5-6,9-14,19H,7-8,15-17H2,1-4H3,(H,26,27)/t19-/m1/s1. The molecule has 0 aliphatic carbocycles. The first-order valence-electron chi connectivity index (χ1n) is 11.1. The van der Waals surface area contributed by atoms with Crippen LogP contribution in [0.1, 0.15) is 39.2 Å². The van der Waals surface area contributed by atoms with E-state index in [1.807, 2.05) is 51.1 Å². The van der Waals surface area contributed by atoms with Crippen molar-refractivity contribution in [3.05, 3.63) is 54.1 Å². The second kappa shape index (κ2) is 9.10. The molecule has 32 heavy (non-hydrogen) atoms. The number of hydrogen-bond donors (Lipinski definition) is 1. The molecule has 0 radical (unpaired) electrons. The molecule has 0 bridgehead atoms. The van der Waals surface area contributed by atoms with Crippen molar-refractivity contribution in [3.8, 4) is 5.75 Å². The number of ether oxygens (including phenoxy) is 2. The summed E-state index contributed by atoms with van der Waals surface area (Å²) in [5.74, 6) is 1.66. The van der Waals surface area contributed by atoms with E-state index in [4.69, 9.17) is 14.5 Å². The van der Waals surface area contributed by atoms with Crippen molar-refractivity contribution in [2.75, 3.05) is 25.5 Å². The van der Waals surface area contributed by atoms with E-state index in [1.54, 1.807) is 12.0 Å².